The van der Waals surface area contributed by atoms with Gasteiger partial charge in [-0.05, 0) is 172 Å². The van der Waals surface area contributed by atoms with E-state index < -0.39 is 32.8 Å². The van der Waals surface area contributed by atoms with Crippen molar-refractivity contribution in [1.29, 1.82) is 0 Å². The molecule has 0 spiro atoms. The van der Waals surface area contributed by atoms with Crippen LogP contribution in [-0.2, 0) is 36.7 Å². The molecule has 142 heavy (non-hydrogen) atoms. The number of carbonyl (C=O) groups is 5. The van der Waals surface area contributed by atoms with Gasteiger partial charge in [-0.25, -0.2) is 15.0 Å². The number of halogens is 3. The molecule has 0 bridgehead atoms. The Kier molecular flexibility index (Phi) is 44.4. The molecule has 8 aromatic carbocycles. The second kappa shape index (κ2) is 55.5. The first-order chi connectivity index (χ1) is 66.1. The van der Waals surface area contributed by atoms with Crippen molar-refractivity contribution in [1.82, 2.24) is 99.2 Å². The third-order valence-electron chi connectivity index (χ3n) is 23.7. The maximum Gasteiger partial charge on any atom is 0.269 e. The second-order valence-corrected chi connectivity index (χ2v) is 34.4. The van der Waals surface area contributed by atoms with Gasteiger partial charge in [-0.15, -0.1) is 12.4 Å². The fourth-order valence-corrected chi connectivity index (χ4v) is 16.0. The summed E-state index contributed by atoms with van der Waals surface area (Å²) in [6.07, 6.45) is 10.1. The summed E-state index contributed by atoms with van der Waals surface area (Å²) < 4.78 is 5.49. The number of non-ortho nitro benzene ring substituents is 2. The average Bonchev–Trinajstić information content (AvgIpc) is 1.64. The van der Waals surface area contributed by atoms with E-state index in [0.717, 1.165) is 148 Å². The molecule has 4 amide bonds. The number of para-hydroxylation sites is 3. The number of aromatic nitrogens is 9. The summed E-state index contributed by atoms with van der Waals surface area (Å²) in [5.74, 6) is 1.40. The number of primary amides is 3. The minimum atomic E-state index is -0.620. The zero-order valence-corrected chi connectivity index (χ0v) is 82.0. The Balaban J connectivity index is 0.000000211. The van der Waals surface area contributed by atoms with E-state index in [4.69, 9.17) is 46.1 Å². The SMILES string of the molecule is C.C.CN1CCN(C(=O)c2ccc([N+](=O)[O-])cc2)CC1.CN1CCN(Cc2ccc(N)cc2)CC1.CN1CCN(Cc2ccc(Nc3nccc(-n4cc(C(N)=O)c5ccccc54)n3)cc2)CC1.CN1CCN(Cc2ccc(Nc3nccc(-n4cc(C(N)=O)c5ccccc54)n3)cc2)CC1.CN1CCNCC1.Cl.N.NC(=O)c1cn(-c2ccnc(Cl)n2)c2ccccc12.O=C(Cl)c1ccc([N+](=O)[O-])cc1.[Fe]. The van der Waals surface area contributed by atoms with Crippen molar-refractivity contribution in [2.24, 2.45) is 17.2 Å². The molecule has 0 saturated carbocycles. The van der Waals surface area contributed by atoms with Crippen LogP contribution in [0, 0.1) is 20.2 Å². The van der Waals surface area contributed by atoms with E-state index in [1.165, 1.54) is 104 Å². The van der Waals surface area contributed by atoms with Crippen LogP contribution in [0.25, 0.3) is 50.2 Å². The molecule has 752 valence electrons. The Morgan fingerprint density at radius 3 is 1.01 bits per heavy atom. The van der Waals surface area contributed by atoms with Crippen molar-refractivity contribution < 1.29 is 50.9 Å². The first-order valence-corrected chi connectivity index (χ1v) is 45.6. The van der Waals surface area contributed by atoms with Crippen LogP contribution in [-0.4, -0.2) is 293 Å². The number of fused-ring (bicyclic) bond motifs is 3. The van der Waals surface area contributed by atoms with E-state index >= 15 is 0 Å². The Labute approximate surface area is 853 Å². The van der Waals surface area contributed by atoms with E-state index in [2.05, 4.69) is 174 Å². The first kappa shape index (κ1) is 114. The molecule has 11 heterocycles. The summed E-state index contributed by atoms with van der Waals surface area (Å²) >= 11 is 10.9. The number of likely N-dealkylation sites (N-methyl/N-ethyl adjacent to an activating group) is 5. The van der Waals surface area contributed by atoms with Gasteiger partial charge >= 0.3 is 0 Å². The molecule has 6 aromatic heterocycles. The maximum atomic E-state index is 12.1. The monoisotopic (exact) mass is 2030 g/mol. The van der Waals surface area contributed by atoms with Crippen molar-refractivity contribution in [3.05, 3.63) is 320 Å². The Morgan fingerprint density at radius 1 is 0.401 bits per heavy atom. The van der Waals surface area contributed by atoms with Gasteiger partial charge in [0, 0.05) is 273 Å². The van der Waals surface area contributed by atoms with Crippen LogP contribution in [0.4, 0.5) is 40.3 Å². The predicted molar refractivity (Wildman–Crippen MR) is 562 cm³/mol. The number of amides is 4. The molecule has 14 aromatic rings. The smallest absolute Gasteiger partial charge is 0.269 e. The van der Waals surface area contributed by atoms with Crippen LogP contribution in [0.1, 0.15) is 83.3 Å². The fraction of sp³-hybridized carbons (Fsp3) is 0.297. The quantitative estimate of drug-likeness (QED) is 0.00877. The van der Waals surface area contributed by atoms with Gasteiger partial charge in [0.15, 0.2) is 0 Å². The molecule has 0 atom stereocenters. The van der Waals surface area contributed by atoms with Gasteiger partial charge in [0.2, 0.25) is 17.2 Å². The summed E-state index contributed by atoms with van der Waals surface area (Å²) in [6, 6.07) is 63.9. The van der Waals surface area contributed by atoms with Crippen molar-refractivity contribution in [3.63, 3.8) is 0 Å². The Bertz CT molecular complexity index is 6200. The minimum absolute atomic E-state index is 0. The number of nitro groups is 2. The number of nitrogens with zero attached hydrogens (tertiary/aromatic N) is 20. The zero-order chi connectivity index (χ0) is 97.0. The molecular formula is C101H125Cl3FeN28O9. The van der Waals surface area contributed by atoms with E-state index in [-0.39, 0.29) is 78.6 Å². The molecule has 5 aliphatic rings. The number of nitrogens with one attached hydrogen (secondary N) is 3. The molecule has 19 rings (SSSR count). The Morgan fingerprint density at radius 2 is 0.704 bits per heavy atom. The van der Waals surface area contributed by atoms with E-state index in [1.54, 1.807) is 52.7 Å². The van der Waals surface area contributed by atoms with Crippen LogP contribution in [0.15, 0.2) is 250 Å². The first-order valence-electron chi connectivity index (χ1n) is 44.8. The summed E-state index contributed by atoms with van der Waals surface area (Å²) in [7, 11) is 10.7. The van der Waals surface area contributed by atoms with E-state index in [9.17, 15) is 44.2 Å². The molecule has 0 aliphatic carbocycles. The van der Waals surface area contributed by atoms with Gasteiger partial charge in [-0.1, -0.05) is 106 Å². The van der Waals surface area contributed by atoms with Gasteiger partial charge < -0.3 is 88.1 Å². The van der Waals surface area contributed by atoms with Crippen molar-refractivity contribution >= 4 is 138 Å². The summed E-state index contributed by atoms with van der Waals surface area (Å²) in [5, 5.41) is 32.4. The number of nitrogens with two attached hydrogens (primary N) is 4. The number of anilines is 5. The van der Waals surface area contributed by atoms with Crippen LogP contribution >= 0.6 is 35.6 Å². The molecule has 5 aliphatic heterocycles. The molecule has 0 radical (unpaired) electrons. The number of piperazine rings is 5. The predicted octanol–water partition coefficient (Wildman–Crippen LogP) is 13.5. The van der Waals surface area contributed by atoms with E-state index in [0.29, 0.717) is 64.7 Å². The van der Waals surface area contributed by atoms with Gasteiger partial charge in [0.05, 0.1) is 43.1 Å². The third kappa shape index (κ3) is 32.5. The van der Waals surface area contributed by atoms with Gasteiger partial charge in [-0.3, -0.25) is 58.9 Å². The number of hydrogen-bond acceptors (Lipinski definition) is 28. The van der Waals surface area contributed by atoms with Gasteiger partial charge in [0.1, 0.15) is 17.5 Å². The van der Waals surface area contributed by atoms with Crippen molar-refractivity contribution in [2.45, 2.75) is 34.5 Å². The number of carbonyl (C=O) groups excluding carboxylic acids is 5. The van der Waals surface area contributed by atoms with Gasteiger partial charge in [-0.2, -0.15) is 15.0 Å². The van der Waals surface area contributed by atoms with E-state index in [1.807, 2.05) is 113 Å². The maximum absolute atomic E-state index is 12.1. The molecule has 37 nitrogen and oxygen atoms in total. The third-order valence-corrected chi connectivity index (χ3v) is 24.1. The van der Waals surface area contributed by atoms with Crippen molar-refractivity contribution in [3.8, 4) is 17.5 Å². The standard InChI is InChI=1S/2C25H27N7O.C13H9ClN4O.C12H15N3O3.C12H19N3.C7H4ClNO3.C5H12N2.2CH4.ClH.Fe.H3N/c2*1-30-12-14-31(15-13-30)16-18-6-8-19(9-7-18)28-25-27-11-10-23(29-25)32-17-21(24(26)33)20-4-2-3-5-22(20)32;14-13-16-6-5-11(17-13)18-7-9(12(15)19)8-3-1-2-4-10(8)18;1-13-6-8-14(9-7-13)12(16)10-2-4-11(5-3-10)15(17)18;1-14-6-8-15(9-7-14)10-11-2-4-12(13)5-3-11;8-7(10)5-1-3-6(4-2-5)9(11)12;1-7-4-2-6-3-5-7;;;;;/h2*2-11,17H,12-16H2,1H3,(H2,26,33)(H,27,28,29);1-7H,(H2,15,19);2-5H,6-9H2,1H3;2-5H,6-10,13H2,1H3;1-4H;6H,2-5H2,1H3;2*1H4;1H;;1H3. The minimum Gasteiger partial charge on any atom is -0.399 e. The van der Waals surface area contributed by atoms with Crippen LogP contribution in [0.5, 0.6) is 0 Å². The summed E-state index contributed by atoms with van der Waals surface area (Å²) in [6.45, 7) is 24.4. The average molecular weight is 2040 g/mol. The number of benzene rings is 8. The summed E-state index contributed by atoms with van der Waals surface area (Å²) in [4.78, 5) is 124. The fourth-order valence-electron chi connectivity index (χ4n) is 15.7. The second-order valence-electron chi connectivity index (χ2n) is 33.7. The normalized spacial score (nSPS) is 14.6. The van der Waals surface area contributed by atoms with Crippen LogP contribution < -0.4 is 45.0 Å². The molecule has 41 heteroatoms. The number of nitro benzene ring substituents is 2. The number of nitrogen functional groups attached to an aromatic ring is 1. The zero-order valence-electron chi connectivity index (χ0n) is 78.6. The molecule has 0 unspecified atom stereocenters. The van der Waals surface area contributed by atoms with Crippen LogP contribution in [0.3, 0.4) is 0 Å². The molecule has 5 fully saturated rings. The number of hydrogen-bond donors (Lipinski definition) is 8. The molecular weight excluding hydrogens is 1910 g/mol. The Hall–Kier alpha value is -13.6. The van der Waals surface area contributed by atoms with Gasteiger partial charge in [0.25, 0.3) is 40.2 Å². The topological polar surface area (TPSA) is 468 Å². The largest absolute Gasteiger partial charge is 0.399 e. The summed E-state index contributed by atoms with van der Waals surface area (Å²) in [5.41, 5.74) is 33.5. The molecule has 14 N–H and O–H groups in total. The number of rotatable bonds is 20. The van der Waals surface area contributed by atoms with Crippen molar-refractivity contribution in [2.75, 3.05) is 183 Å². The van der Waals surface area contributed by atoms with Crippen LogP contribution in [0.2, 0.25) is 5.28 Å². The molecule has 5 saturated heterocycles.